The van der Waals surface area contributed by atoms with Crippen molar-refractivity contribution in [3.8, 4) is 0 Å². The third-order valence-corrected chi connectivity index (χ3v) is 2.96. The number of rotatable bonds is 5. The summed E-state index contributed by atoms with van der Waals surface area (Å²) in [5.41, 5.74) is 0.0578. The van der Waals surface area contributed by atoms with Crippen LogP contribution in [0.1, 0.15) is 47.5 Å². The molecule has 4 heteroatoms. The van der Waals surface area contributed by atoms with Crippen molar-refractivity contribution >= 4 is 11.7 Å². The van der Waals surface area contributed by atoms with Gasteiger partial charge in [-0.25, -0.2) is 4.79 Å². The topological polar surface area (TPSA) is 47.9 Å². The summed E-state index contributed by atoms with van der Waals surface area (Å²) in [7, 11) is 0. The Balaban J connectivity index is 2.63. The molecular formula is C13H23NO3. The Morgan fingerprint density at radius 1 is 1.47 bits per heavy atom. The zero-order chi connectivity index (χ0) is 13.1. The maximum absolute atomic E-state index is 12.1. The van der Waals surface area contributed by atoms with Crippen LogP contribution in [0.2, 0.25) is 0 Å². The van der Waals surface area contributed by atoms with Gasteiger partial charge in [0.2, 0.25) is 5.60 Å². The van der Waals surface area contributed by atoms with Crippen molar-refractivity contribution in [2.24, 2.45) is 17.0 Å². The number of hydrogen-bond donors (Lipinski definition) is 0. The molecule has 0 bridgehead atoms. The smallest absolute Gasteiger partial charge is 0.353 e. The first-order chi connectivity index (χ1) is 7.91. The molecule has 4 nitrogen and oxygen atoms in total. The molecule has 17 heavy (non-hydrogen) atoms. The van der Waals surface area contributed by atoms with Gasteiger partial charge < -0.3 is 9.57 Å². The van der Waals surface area contributed by atoms with E-state index in [0.29, 0.717) is 31.3 Å². The highest BCUT2D eigenvalue weighted by atomic mass is 16.7. The lowest BCUT2D eigenvalue weighted by Gasteiger charge is -2.23. The molecule has 0 aromatic carbocycles. The number of oxime groups is 1. The molecule has 1 unspecified atom stereocenters. The molecule has 1 rings (SSSR count). The maximum atomic E-state index is 12.1. The first kappa shape index (κ1) is 14.0. The third kappa shape index (κ3) is 3.20. The molecule has 0 aromatic rings. The fourth-order valence-corrected chi connectivity index (χ4v) is 1.63. The molecule has 1 atom stereocenters. The lowest BCUT2D eigenvalue weighted by atomic mass is 9.90. The number of nitrogens with zero attached hydrogens (tertiary/aromatic N) is 1. The van der Waals surface area contributed by atoms with Gasteiger partial charge in [0.15, 0.2) is 0 Å². The van der Waals surface area contributed by atoms with E-state index < -0.39 is 5.60 Å². The summed E-state index contributed by atoms with van der Waals surface area (Å²) < 4.78 is 5.27. The van der Waals surface area contributed by atoms with Crippen LogP contribution in [-0.4, -0.2) is 23.9 Å². The first-order valence-electron chi connectivity index (χ1n) is 6.33. The number of ether oxygens (including phenoxy) is 1. The summed E-state index contributed by atoms with van der Waals surface area (Å²) in [5.74, 6) is 0.356. The van der Waals surface area contributed by atoms with Crippen LogP contribution in [0, 0.1) is 11.8 Å². The Bertz CT molecular complexity index is 310. The minimum absolute atomic E-state index is 0.284. The van der Waals surface area contributed by atoms with Gasteiger partial charge in [-0.3, -0.25) is 0 Å². The van der Waals surface area contributed by atoms with E-state index in [1.165, 1.54) is 0 Å². The van der Waals surface area contributed by atoms with Gasteiger partial charge in [-0.2, -0.15) is 0 Å². The largest absolute Gasteiger partial charge is 0.462 e. The zero-order valence-corrected chi connectivity index (χ0v) is 11.4. The Kier molecular flexibility index (Phi) is 4.54. The van der Waals surface area contributed by atoms with Crippen molar-refractivity contribution in [2.45, 2.75) is 53.1 Å². The van der Waals surface area contributed by atoms with Gasteiger partial charge in [0.25, 0.3) is 0 Å². The van der Waals surface area contributed by atoms with Crippen LogP contribution in [0.5, 0.6) is 0 Å². The number of esters is 1. The van der Waals surface area contributed by atoms with Crippen LogP contribution in [0.4, 0.5) is 0 Å². The molecule has 0 aliphatic carbocycles. The monoisotopic (exact) mass is 241 g/mol. The predicted octanol–water partition coefficient (Wildman–Crippen LogP) is 2.77. The average Bonchev–Trinajstić information content (AvgIpc) is 2.71. The van der Waals surface area contributed by atoms with Gasteiger partial charge in [0.1, 0.15) is 0 Å². The predicted molar refractivity (Wildman–Crippen MR) is 66.8 cm³/mol. The summed E-state index contributed by atoms with van der Waals surface area (Å²) in [6, 6.07) is 0. The van der Waals surface area contributed by atoms with Crippen molar-refractivity contribution in [2.75, 3.05) is 6.61 Å². The van der Waals surface area contributed by atoms with E-state index in [4.69, 9.17) is 9.57 Å². The summed E-state index contributed by atoms with van der Waals surface area (Å²) in [6.45, 7) is 10.5. The van der Waals surface area contributed by atoms with Gasteiger partial charge in [0, 0.05) is 6.42 Å². The SMILES string of the molecule is CCC1(C(=O)OCC(C)C)CC(C(C)C)=NO1. The molecule has 0 N–H and O–H groups in total. The highest BCUT2D eigenvalue weighted by molar-refractivity contribution is 5.94. The molecule has 0 saturated heterocycles. The van der Waals surface area contributed by atoms with Crippen molar-refractivity contribution in [3.05, 3.63) is 0 Å². The van der Waals surface area contributed by atoms with Crippen LogP contribution < -0.4 is 0 Å². The van der Waals surface area contributed by atoms with E-state index in [2.05, 4.69) is 5.16 Å². The van der Waals surface area contributed by atoms with Crippen molar-refractivity contribution in [1.29, 1.82) is 0 Å². The second-order valence-corrected chi connectivity index (χ2v) is 5.35. The fraction of sp³-hybridized carbons (Fsp3) is 0.846. The van der Waals surface area contributed by atoms with Gasteiger partial charge >= 0.3 is 5.97 Å². The molecule has 0 saturated carbocycles. The summed E-state index contributed by atoms with van der Waals surface area (Å²) in [5, 5.41) is 4.02. The van der Waals surface area contributed by atoms with E-state index in [-0.39, 0.29) is 5.97 Å². The standard InChI is InChI=1S/C13H23NO3/c1-6-13(12(15)16-8-9(2)3)7-11(10(4)5)14-17-13/h9-10H,6-8H2,1-5H3. The molecule has 0 radical (unpaired) electrons. The highest BCUT2D eigenvalue weighted by Crippen LogP contribution is 2.31. The van der Waals surface area contributed by atoms with Crippen LogP contribution >= 0.6 is 0 Å². The van der Waals surface area contributed by atoms with Crippen molar-refractivity contribution in [3.63, 3.8) is 0 Å². The molecule has 0 aromatic heterocycles. The second-order valence-electron chi connectivity index (χ2n) is 5.35. The molecular weight excluding hydrogens is 218 g/mol. The normalized spacial score (nSPS) is 23.8. The van der Waals surface area contributed by atoms with Gasteiger partial charge in [-0.05, 0) is 18.3 Å². The average molecular weight is 241 g/mol. The first-order valence-corrected chi connectivity index (χ1v) is 6.33. The molecule has 98 valence electrons. The second kappa shape index (κ2) is 5.52. The number of carbonyl (C=O) groups is 1. The van der Waals surface area contributed by atoms with E-state index >= 15 is 0 Å². The number of hydrogen-bond acceptors (Lipinski definition) is 4. The van der Waals surface area contributed by atoms with Crippen LogP contribution in [0.3, 0.4) is 0 Å². The highest BCUT2D eigenvalue weighted by Gasteiger charge is 2.46. The Labute approximate surface area is 103 Å². The van der Waals surface area contributed by atoms with Gasteiger partial charge in [-0.15, -0.1) is 0 Å². The maximum Gasteiger partial charge on any atom is 0.353 e. The molecule has 1 aliphatic heterocycles. The Morgan fingerprint density at radius 2 is 2.12 bits per heavy atom. The molecule has 0 amide bonds. The van der Waals surface area contributed by atoms with E-state index in [9.17, 15) is 4.79 Å². The molecule has 0 spiro atoms. The minimum atomic E-state index is -0.880. The van der Waals surface area contributed by atoms with E-state index in [1.54, 1.807) is 0 Å². The van der Waals surface area contributed by atoms with Crippen LogP contribution in [-0.2, 0) is 14.4 Å². The molecule has 1 aliphatic rings. The lowest BCUT2D eigenvalue weighted by molar-refractivity contribution is -0.171. The minimum Gasteiger partial charge on any atom is -0.462 e. The number of carbonyl (C=O) groups excluding carboxylic acids is 1. The molecule has 0 fully saturated rings. The van der Waals surface area contributed by atoms with E-state index in [0.717, 1.165) is 5.71 Å². The summed E-state index contributed by atoms with van der Waals surface area (Å²) in [6.07, 6.45) is 1.14. The summed E-state index contributed by atoms with van der Waals surface area (Å²) >= 11 is 0. The van der Waals surface area contributed by atoms with Gasteiger partial charge in [0.05, 0.1) is 12.3 Å². The zero-order valence-electron chi connectivity index (χ0n) is 11.4. The lowest BCUT2D eigenvalue weighted by Crippen LogP contribution is -2.40. The Hall–Kier alpha value is -1.06. The van der Waals surface area contributed by atoms with E-state index in [1.807, 2.05) is 34.6 Å². The van der Waals surface area contributed by atoms with Crippen LogP contribution in [0.25, 0.3) is 0 Å². The Morgan fingerprint density at radius 3 is 2.53 bits per heavy atom. The van der Waals surface area contributed by atoms with Gasteiger partial charge in [-0.1, -0.05) is 39.8 Å². The quantitative estimate of drug-likeness (QED) is 0.695. The fourth-order valence-electron chi connectivity index (χ4n) is 1.63. The molecule has 1 heterocycles. The van der Waals surface area contributed by atoms with Crippen molar-refractivity contribution < 1.29 is 14.4 Å². The third-order valence-electron chi connectivity index (χ3n) is 2.96. The van der Waals surface area contributed by atoms with Crippen LogP contribution in [0.15, 0.2) is 5.16 Å². The summed E-state index contributed by atoms with van der Waals surface area (Å²) in [4.78, 5) is 17.4. The van der Waals surface area contributed by atoms with Crippen molar-refractivity contribution in [1.82, 2.24) is 0 Å².